The normalized spacial score (nSPS) is 26.2. The number of alkyl halides is 2. The molecule has 11 rings (SSSR count). The van der Waals surface area contributed by atoms with Gasteiger partial charge < -0.3 is 19.9 Å². The lowest BCUT2D eigenvalue weighted by molar-refractivity contribution is -0.135. The van der Waals surface area contributed by atoms with E-state index in [4.69, 9.17) is 9.72 Å². The number of para-hydroxylation sites is 1. The van der Waals surface area contributed by atoms with Crippen molar-refractivity contribution >= 4 is 51.6 Å². The molecule has 3 atom stereocenters. The molecular weight excluding hydrogens is 829 g/mol. The van der Waals surface area contributed by atoms with Gasteiger partial charge in [0.2, 0.25) is 11.8 Å². The number of fused-ring (bicyclic) bond motifs is 4. The van der Waals surface area contributed by atoms with Gasteiger partial charge in [0.1, 0.15) is 17.4 Å². The van der Waals surface area contributed by atoms with Crippen molar-refractivity contribution in [3.8, 4) is 0 Å². The van der Waals surface area contributed by atoms with Crippen LogP contribution in [0.1, 0.15) is 92.3 Å². The topological polar surface area (TPSA) is 172 Å². The Balaban J connectivity index is 0.682. The SMILES string of the molecule is Cn1c(=O)n(C2CCC(=O)NC2=O)c2cccc(N3CCC(N4CCN(C5CCC(n6cc(NC(=O)c7cnn8ccc(N9C[C@H]%10C[C@@H]9CO%10)nc78)c(C(F)F)n6)CC5)CC4)CC3)c21. The molecule has 6 fully saturated rings. The number of hydrogen-bond donors (Lipinski definition) is 2. The molecule has 5 aromatic rings. The Hall–Kier alpha value is -5.73. The van der Waals surface area contributed by atoms with Gasteiger partial charge in [0.25, 0.3) is 12.3 Å². The Morgan fingerprint density at radius 1 is 0.906 bits per heavy atom. The Bertz CT molecular complexity index is 2670. The summed E-state index contributed by atoms with van der Waals surface area (Å²) in [6.07, 6.45) is 9.00. The summed E-state index contributed by atoms with van der Waals surface area (Å²) in [4.78, 5) is 66.2. The van der Waals surface area contributed by atoms with Gasteiger partial charge in [0, 0.05) is 83.8 Å². The summed E-state index contributed by atoms with van der Waals surface area (Å²) in [5.74, 6) is -0.572. The number of carbonyl (C=O) groups is 3. The maximum absolute atomic E-state index is 14.4. The fraction of sp³-hybridized carbons (Fsp3) is 0.568. The molecule has 64 heavy (non-hydrogen) atoms. The van der Waals surface area contributed by atoms with Gasteiger partial charge in [-0.25, -0.2) is 23.1 Å². The van der Waals surface area contributed by atoms with Crippen molar-refractivity contribution < 1.29 is 27.9 Å². The second-order valence-corrected chi connectivity index (χ2v) is 18.3. The van der Waals surface area contributed by atoms with Crippen molar-refractivity contribution in [1.82, 2.24) is 48.6 Å². The number of nitrogens with one attached hydrogen (secondary N) is 2. The number of piperidine rings is 2. The van der Waals surface area contributed by atoms with Crippen molar-refractivity contribution in [1.29, 1.82) is 0 Å². The highest BCUT2D eigenvalue weighted by Gasteiger charge is 2.40. The molecule has 1 aliphatic carbocycles. The van der Waals surface area contributed by atoms with Crippen molar-refractivity contribution in [2.24, 2.45) is 7.05 Å². The first kappa shape index (κ1) is 41.0. The highest BCUT2D eigenvalue weighted by molar-refractivity contribution is 6.08. The highest BCUT2D eigenvalue weighted by Crippen LogP contribution is 2.37. The molecule has 20 heteroatoms. The summed E-state index contributed by atoms with van der Waals surface area (Å²) >= 11 is 0. The number of halogens is 2. The van der Waals surface area contributed by atoms with Gasteiger partial charge in [0.05, 0.1) is 53.4 Å². The number of hydrogen-bond acceptors (Lipinski definition) is 12. The van der Waals surface area contributed by atoms with Crippen LogP contribution >= 0.6 is 0 Å². The minimum Gasteiger partial charge on any atom is -0.374 e. The third-order valence-electron chi connectivity index (χ3n) is 14.8. The van der Waals surface area contributed by atoms with Gasteiger partial charge >= 0.3 is 5.69 Å². The van der Waals surface area contributed by atoms with Crippen LogP contribution < -0.4 is 26.1 Å². The fourth-order valence-corrected chi connectivity index (χ4v) is 11.4. The molecule has 6 aliphatic rings. The van der Waals surface area contributed by atoms with Gasteiger partial charge in [-0.1, -0.05) is 6.07 Å². The number of anilines is 3. The number of carbonyl (C=O) groups excluding carboxylic acids is 3. The summed E-state index contributed by atoms with van der Waals surface area (Å²) in [5, 5.41) is 13.7. The molecule has 4 aromatic heterocycles. The van der Waals surface area contributed by atoms with Crippen molar-refractivity contribution in [3.63, 3.8) is 0 Å². The molecule has 1 unspecified atom stereocenters. The molecule has 18 nitrogen and oxygen atoms in total. The molecule has 338 valence electrons. The van der Waals surface area contributed by atoms with E-state index in [1.165, 1.54) is 10.7 Å². The molecule has 5 saturated heterocycles. The molecule has 2 bridgehead atoms. The van der Waals surface area contributed by atoms with Gasteiger partial charge in [-0.2, -0.15) is 10.2 Å². The monoisotopic (exact) mass is 881 g/mol. The predicted octanol–water partition coefficient (Wildman–Crippen LogP) is 3.49. The number of rotatable bonds is 9. The van der Waals surface area contributed by atoms with Crippen LogP contribution in [0, 0.1) is 0 Å². The second kappa shape index (κ2) is 16.4. The first-order chi connectivity index (χ1) is 31.1. The summed E-state index contributed by atoms with van der Waals surface area (Å²) in [5.41, 5.74) is 2.35. The lowest BCUT2D eigenvalue weighted by atomic mass is 9.89. The van der Waals surface area contributed by atoms with Crippen LogP contribution in [0.2, 0.25) is 0 Å². The zero-order valence-electron chi connectivity index (χ0n) is 35.8. The molecular formula is C44H53F2N13O5. The zero-order valence-corrected chi connectivity index (χ0v) is 35.8. The number of piperazine rings is 1. The maximum atomic E-state index is 14.4. The Morgan fingerprint density at radius 3 is 2.33 bits per heavy atom. The molecule has 0 radical (unpaired) electrons. The third-order valence-corrected chi connectivity index (χ3v) is 14.8. The lowest BCUT2D eigenvalue weighted by Crippen LogP contribution is -2.55. The van der Waals surface area contributed by atoms with Crippen molar-refractivity contribution in [3.05, 3.63) is 64.6 Å². The predicted molar refractivity (Wildman–Crippen MR) is 232 cm³/mol. The number of ether oxygens (including phenoxy) is 1. The largest absolute Gasteiger partial charge is 0.374 e. The van der Waals surface area contributed by atoms with Crippen LogP contribution in [-0.4, -0.2) is 138 Å². The van der Waals surface area contributed by atoms with E-state index >= 15 is 0 Å². The lowest BCUT2D eigenvalue weighted by Gasteiger charge is -2.46. The number of nitrogens with zero attached hydrogens (tertiary/aromatic N) is 11. The quantitative estimate of drug-likeness (QED) is 0.207. The van der Waals surface area contributed by atoms with Gasteiger partial charge in [-0.05, 0) is 69.6 Å². The number of imide groups is 1. The molecule has 1 aromatic carbocycles. The van der Waals surface area contributed by atoms with Gasteiger partial charge in [-0.15, -0.1) is 0 Å². The Morgan fingerprint density at radius 2 is 1.64 bits per heavy atom. The number of morpholine rings is 1. The second-order valence-electron chi connectivity index (χ2n) is 18.3. The summed E-state index contributed by atoms with van der Waals surface area (Å²) < 4.78 is 40.8. The average Bonchev–Trinajstić information content (AvgIpc) is 4.17. The Labute approximate surface area is 367 Å². The number of imidazole rings is 1. The minimum atomic E-state index is -2.86. The van der Waals surface area contributed by atoms with E-state index in [0.717, 1.165) is 108 Å². The summed E-state index contributed by atoms with van der Waals surface area (Å²) in [6.45, 7) is 7.02. The first-order valence-electron chi connectivity index (χ1n) is 22.8. The fourth-order valence-electron chi connectivity index (χ4n) is 11.4. The van der Waals surface area contributed by atoms with Crippen molar-refractivity contribution in [2.75, 3.05) is 67.5 Å². The molecule has 1 saturated carbocycles. The van der Waals surface area contributed by atoms with E-state index in [1.807, 2.05) is 18.2 Å². The van der Waals surface area contributed by atoms with E-state index in [9.17, 15) is 28.0 Å². The smallest absolute Gasteiger partial charge is 0.329 e. The average molecular weight is 882 g/mol. The van der Waals surface area contributed by atoms with Crippen LogP contribution in [0.5, 0.6) is 0 Å². The molecule has 5 aliphatic heterocycles. The summed E-state index contributed by atoms with van der Waals surface area (Å²) in [6, 6.07) is 8.11. The summed E-state index contributed by atoms with van der Waals surface area (Å²) in [7, 11) is 1.75. The standard InChI is InChI=1S/C44H53F2N13O5/c1-52-39-33(3-2-4-34(39)59(44(52)63)35-9-10-37(60)50-43(35)62)55-14-11-27(12-15-55)54-19-17-53(18-20-54)26-5-7-28(8-6-26)58-24-32(38(51-58)40(45)46)48-42(61)31-22-47-57-16-13-36(49-41(31)57)56-23-30-21-29(56)25-64-30/h2-4,13,16,22,24,26-30,35,40H,5-12,14-15,17-21,23,25H2,1H3,(H,48,61)(H,50,60,62)/t26?,28?,29-,30-,35?/m1/s1. The number of amides is 3. The molecule has 3 amide bonds. The van der Waals surface area contributed by atoms with Crippen LogP contribution in [-0.2, 0) is 21.4 Å². The minimum absolute atomic E-state index is 0.000115. The number of aryl methyl sites for hydroxylation is 1. The maximum Gasteiger partial charge on any atom is 0.329 e. The number of benzene rings is 1. The van der Waals surface area contributed by atoms with E-state index < -0.39 is 30.0 Å². The van der Waals surface area contributed by atoms with Crippen LogP contribution in [0.4, 0.5) is 26.0 Å². The van der Waals surface area contributed by atoms with E-state index in [-0.39, 0.29) is 47.5 Å². The zero-order chi connectivity index (χ0) is 43.8. The Kier molecular flexibility index (Phi) is 10.5. The van der Waals surface area contributed by atoms with Crippen molar-refractivity contribution in [2.45, 2.75) is 101 Å². The van der Waals surface area contributed by atoms with E-state index in [0.29, 0.717) is 36.3 Å². The molecule has 0 spiro atoms. The molecule has 2 N–H and O–H groups in total. The van der Waals surface area contributed by atoms with Gasteiger partial charge in [-0.3, -0.25) is 43.3 Å². The van der Waals surface area contributed by atoms with Gasteiger partial charge in [0.15, 0.2) is 11.3 Å². The van der Waals surface area contributed by atoms with Crippen LogP contribution in [0.3, 0.4) is 0 Å². The highest BCUT2D eigenvalue weighted by atomic mass is 19.3. The van der Waals surface area contributed by atoms with Crippen LogP contribution in [0.25, 0.3) is 16.7 Å². The van der Waals surface area contributed by atoms with E-state index in [1.54, 1.807) is 33.3 Å². The first-order valence-corrected chi connectivity index (χ1v) is 22.8. The number of aromatic nitrogens is 7. The van der Waals surface area contributed by atoms with Crippen LogP contribution in [0.15, 0.2) is 47.7 Å². The molecule has 9 heterocycles. The third kappa shape index (κ3) is 7.22. The van der Waals surface area contributed by atoms with E-state index in [2.05, 4.69) is 46.5 Å².